The van der Waals surface area contributed by atoms with Crippen molar-refractivity contribution in [2.24, 2.45) is 0 Å². The van der Waals surface area contributed by atoms with Gasteiger partial charge in [-0.25, -0.2) is 0 Å². The standard InChI is InChI=1S/C17H19NO2/c1-12(18-11-13-3-2-4-16(19)9-13)14-5-6-17-15(10-14)7-8-20-17/h2-6,9-10,12,18-19H,7-8,11H2,1H3/t12-/m0/s1. The van der Waals surface area contributed by atoms with Crippen LogP contribution in [-0.2, 0) is 13.0 Å². The molecule has 0 unspecified atom stereocenters. The highest BCUT2D eigenvalue weighted by Crippen LogP contribution is 2.28. The molecule has 2 N–H and O–H groups in total. The maximum Gasteiger partial charge on any atom is 0.122 e. The summed E-state index contributed by atoms with van der Waals surface area (Å²) in [6.07, 6.45) is 1.00. The summed E-state index contributed by atoms with van der Waals surface area (Å²) in [6, 6.07) is 14.0. The van der Waals surface area contributed by atoms with Crippen LogP contribution < -0.4 is 10.1 Å². The Labute approximate surface area is 119 Å². The summed E-state index contributed by atoms with van der Waals surface area (Å²) in [5.41, 5.74) is 3.66. The molecule has 3 rings (SSSR count). The molecular weight excluding hydrogens is 250 g/mol. The molecule has 0 fully saturated rings. The number of hydrogen-bond donors (Lipinski definition) is 2. The predicted molar refractivity (Wildman–Crippen MR) is 79.0 cm³/mol. The summed E-state index contributed by atoms with van der Waals surface area (Å²) in [6.45, 7) is 3.69. The summed E-state index contributed by atoms with van der Waals surface area (Å²) < 4.78 is 5.53. The SMILES string of the molecule is C[C@H](NCc1cccc(O)c1)c1ccc2c(c1)CCO2. The van der Waals surface area contributed by atoms with Crippen molar-refractivity contribution in [1.82, 2.24) is 5.32 Å². The van der Waals surface area contributed by atoms with Crippen LogP contribution in [0.3, 0.4) is 0 Å². The van der Waals surface area contributed by atoms with Gasteiger partial charge in [-0.1, -0.05) is 24.3 Å². The van der Waals surface area contributed by atoms with Crippen molar-refractivity contribution in [3.8, 4) is 11.5 Å². The van der Waals surface area contributed by atoms with Crippen LogP contribution in [0.15, 0.2) is 42.5 Å². The van der Waals surface area contributed by atoms with E-state index in [2.05, 4.69) is 30.4 Å². The third kappa shape index (κ3) is 2.78. The van der Waals surface area contributed by atoms with Gasteiger partial charge in [-0.05, 0) is 41.8 Å². The molecule has 3 heteroatoms. The fourth-order valence-electron chi connectivity index (χ4n) is 2.53. The number of nitrogens with one attached hydrogen (secondary N) is 1. The Morgan fingerprint density at radius 2 is 2.15 bits per heavy atom. The molecule has 2 aromatic rings. The lowest BCUT2D eigenvalue weighted by Gasteiger charge is -2.15. The summed E-state index contributed by atoms with van der Waals surface area (Å²) in [5.74, 6) is 1.33. The Hall–Kier alpha value is -2.00. The number of fused-ring (bicyclic) bond motifs is 1. The van der Waals surface area contributed by atoms with Gasteiger partial charge in [-0.3, -0.25) is 0 Å². The lowest BCUT2D eigenvalue weighted by molar-refractivity contribution is 0.356. The minimum atomic E-state index is 0.267. The molecule has 1 atom stereocenters. The molecule has 0 saturated carbocycles. The Balaban J connectivity index is 1.66. The van der Waals surface area contributed by atoms with E-state index in [-0.39, 0.29) is 6.04 Å². The molecule has 0 aliphatic carbocycles. The zero-order valence-electron chi connectivity index (χ0n) is 11.6. The third-order valence-electron chi connectivity index (χ3n) is 3.74. The van der Waals surface area contributed by atoms with Crippen molar-refractivity contribution in [1.29, 1.82) is 0 Å². The molecule has 2 aromatic carbocycles. The van der Waals surface area contributed by atoms with Gasteiger partial charge in [0.1, 0.15) is 11.5 Å². The summed E-state index contributed by atoms with van der Waals surface area (Å²) in [5, 5.41) is 12.9. The molecule has 0 amide bonds. The van der Waals surface area contributed by atoms with Crippen molar-refractivity contribution < 1.29 is 9.84 Å². The van der Waals surface area contributed by atoms with Crippen LogP contribution in [-0.4, -0.2) is 11.7 Å². The first-order valence-corrected chi connectivity index (χ1v) is 6.99. The number of aromatic hydroxyl groups is 1. The molecule has 1 heterocycles. The van der Waals surface area contributed by atoms with E-state index >= 15 is 0 Å². The van der Waals surface area contributed by atoms with E-state index in [1.165, 1.54) is 11.1 Å². The van der Waals surface area contributed by atoms with Crippen LogP contribution in [0.2, 0.25) is 0 Å². The molecule has 0 aromatic heterocycles. The lowest BCUT2D eigenvalue weighted by atomic mass is 10.0. The topological polar surface area (TPSA) is 41.5 Å². The fourth-order valence-corrected chi connectivity index (χ4v) is 2.53. The first-order chi connectivity index (χ1) is 9.72. The Morgan fingerprint density at radius 3 is 3.00 bits per heavy atom. The van der Waals surface area contributed by atoms with Crippen LogP contribution in [0, 0.1) is 0 Å². The van der Waals surface area contributed by atoms with Gasteiger partial charge in [0.25, 0.3) is 0 Å². The van der Waals surface area contributed by atoms with Crippen LogP contribution in [0.1, 0.15) is 29.7 Å². The van der Waals surface area contributed by atoms with Gasteiger partial charge < -0.3 is 15.2 Å². The average Bonchev–Trinajstić information content (AvgIpc) is 2.92. The van der Waals surface area contributed by atoms with E-state index in [4.69, 9.17) is 4.74 Å². The van der Waals surface area contributed by atoms with Gasteiger partial charge in [0.15, 0.2) is 0 Å². The second kappa shape index (κ2) is 5.55. The highest BCUT2D eigenvalue weighted by Gasteiger charge is 2.14. The number of rotatable bonds is 4. The first kappa shape index (κ1) is 13.0. The summed E-state index contributed by atoms with van der Waals surface area (Å²) >= 11 is 0. The largest absolute Gasteiger partial charge is 0.508 e. The summed E-state index contributed by atoms with van der Waals surface area (Å²) in [7, 11) is 0. The molecule has 1 aliphatic heterocycles. The normalized spacial score (nSPS) is 14.7. The third-order valence-corrected chi connectivity index (χ3v) is 3.74. The Bertz CT molecular complexity index is 610. The molecule has 0 radical (unpaired) electrons. The van der Waals surface area contributed by atoms with E-state index in [1.54, 1.807) is 12.1 Å². The smallest absolute Gasteiger partial charge is 0.122 e. The van der Waals surface area contributed by atoms with Crippen molar-refractivity contribution in [3.63, 3.8) is 0 Å². The van der Waals surface area contributed by atoms with Crippen molar-refractivity contribution in [2.45, 2.75) is 25.9 Å². The minimum Gasteiger partial charge on any atom is -0.508 e. The van der Waals surface area contributed by atoms with Gasteiger partial charge in [-0.15, -0.1) is 0 Å². The zero-order valence-corrected chi connectivity index (χ0v) is 11.6. The van der Waals surface area contributed by atoms with Crippen LogP contribution in [0.5, 0.6) is 11.5 Å². The molecule has 20 heavy (non-hydrogen) atoms. The quantitative estimate of drug-likeness (QED) is 0.895. The Kier molecular flexibility index (Phi) is 3.61. The van der Waals surface area contributed by atoms with Crippen molar-refractivity contribution in [3.05, 3.63) is 59.2 Å². The van der Waals surface area contributed by atoms with Crippen molar-refractivity contribution in [2.75, 3.05) is 6.61 Å². The second-order valence-electron chi connectivity index (χ2n) is 5.24. The lowest BCUT2D eigenvalue weighted by Crippen LogP contribution is -2.18. The van der Waals surface area contributed by atoms with Crippen molar-refractivity contribution >= 4 is 0 Å². The molecule has 0 spiro atoms. The van der Waals surface area contributed by atoms with Gasteiger partial charge in [0.2, 0.25) is 0 Å². The molecular formula is C17H19NO2. The molecule has 3 nitrogen and oxygen atoms in total. The molecule has 1 aliphatic rings. The minimum absolute atomic E-state index is 0.267. The average molecular weight is 269 g/mol. The highest BCUT2D eigenvalue weighted by atomic mass is 16.5. The van der Waals surface area contributed by atoms with Gasteiger partial charge in [0, 0.05) is 19.0 Å². The van der Waals surface area contributed by atoms with E-state index in [0.717, 1.165) is 30.9 Å². The monoisotopic (exact) mass is 269 g/mol. The van der Waals surface area contributed by atoms with Crippen LogP contribution in [0.4, 0.5) is 0 Å². The van der Waals surface area contributed by atoms with Gasteiger partial charge >= 0.3 is 0 Å². The molecule has 0 bridgehead atoms. The van der Waals surface area contributed by atoms with E-state index < -0.39 is 0 Å². The summed E-state index contributed by atoms with van der Waals surface area (Å²) in [4.78, 5) is 0. The predicted octanol–water partition coefficient (Wildman–Crippen LogP) is 3.18. The fraction of sp³-hybridized carbons (Fsp3) is 0.294. The van der Waals surface area contributed by atoms with Crippen LogP contribution in [0.25, 0.3) is 0 Å². The first-order valence-electron chi connectivity index (χ1n) is 6.99. The highest BCUT2D eigenvalue weighted by molar-refractivity contribution is 5.40. The molecule has 0 saturated heterocycles. The van der Waals surface area contributed by atoms with E-state index in [1.807, 2.05) is 12.1 Å². The van der Waals surface area contributed by atoms with Crippen LogP contribution >= 0.6 is 0 Å². The number of phenols is 1. The maximum atomic E-state index is 9.46. The van der Waals surface area contributed by atoms with E-state index in [0.29, 0.717) is 5.75 Å². The number of hydrogen-bond acceptors (Lipinski definition) is 3. The maximum absolute atomic E-state index is 9.46. The molecule has 104 valence electrons. The number of benzene rings is 2. The Morgan fingerprint density at radius 1 is 1.25 bits per heavy atom. The van der Waals surface area contributed by atoms with Gasteiger partial charge in [0.05, 0.1) is 6.61 Å². The zero-order chi connectivity index (χ0) is 13.9. The van der Waals surface area contributed by atoms with E-state index in [9.17, 15) is 5.11 Å². The van der Waals surface area contributed by atoms with Gasteiger partial charge in [-0.2, -0.15) is 0 Å². The number of ether oxygens (including phenoxy) is 1. The second-order valence-corrected chi connectivity index (χ2v) is 5.24. The number of phenolic OH excluding ortho intramolecular Hbond substituents is 1.